The van der Waals surface area contributed by atoms with Crippen molar-refractivity contribution in [2.75, 3.05) is 32.9 Å². The standard InChI is InChI=1S/C10H21N3O3S.ClH/c1-12(17(2,15)16)8-10(14)13-6-4-3-5-9(13)7-11;/h9H,3-8,11H2,1-2H3;1H. The highest BCUT2D eigenvalue weighted by molar-refractivity contribution is 7.88. The molecule has 1 aliphatic heterocycles. The van der Waals surface area contributed by atoms with Gasteiger partial charge in [0.2, 0.25) is 15.9 Å². The molecule has 1 fully saturated rings. The number of nitrogens with two attached hydrogens (primary N) is 1. The smallest absolute Gasteiger partial charge is 0.238 e. The number of carbonyl (C=O) groups excluding carboxylic acids is 1. The van der Waals surface area contributed by atoms with Gasteiger partial charge in [-0.2, -0.15) is 4.31 Å². The molecule has 8 heteroatoms. The highest BCUT2D eigenvalue weighted by atomic mass is 35.5. The molecule has 0 aromatic carbocycles. The summed E-state index contributed by atoms with van der Waals surface area (Å²) in [6.45, 7) is 1.02. The Morgan fingerprint density at radius 3 is 2.56 bits per heavy atom. The largest absolute Gasteiger partial charge is 0.337 e. The van der Waals surface area contributed by atoms with Crippen LogP contribution in [0.2, 0.25) is 0 Å². The third-order valence-corrected chi connectivity index (χ3v) is 4.41. The van der Waals surface area contributed by atoms with Crippen LogP contribution in [0.4, 0.5) is 0 Å². The fraction of sp³-hybridized carbons (Fsp3) is 0.900. The molecule has 108 valence electrons. The number of carbonyl (C=O) groups is 1. The number of piperidine rings is 1. The van der Waals surface area contributed by atoms with Crippen molar-refractivity contribution in [2.24, 2.45) is 5.73 Å². The van der Waals surface area contributed by atoms with Crippen LogP contribution in [-0.2, 0) is 14.8 Å². The number of nitrogens with zero attached hydrogens (tertiary/aromatic N) is 2. The van der Waals surface area contributed by atoms with E-state index in [9.17, 15) is 13.2 Å². The van der Waals surface area contributed by atoms with Gasteiger partial charge in [0.25, 0.3) is 0 Å². The number of rotatable bonds is 4. The molecular weight excluding hydrogens is 278 g/mol. The molecule has 0 bridgehead atoms. The Labute approximate surface area is 115 Å². The van der Waals surface area contributed by atoms with E-state index in [1.807, 2.05) is 0 Å². The summed E-state index contributed by atoms with van der Waals surface area (Å²) in [7, 11) is -1.89. The van der Waals surface area contributed by atoms with E-state index in [4.69, 9.17) is 5.73 Å². The molecule has 1 amide bonds. The molecule has 1 saturated heterocycles. The van der Waals surface area contributed by atoms with Crippen molar-refractivity contribution < 1.29 is 13.2 Å². The summed E-state index contributed by atoms with van der Waals surface area (Å²) in [4.78, 5) is 13.7. The van der Waals surface area contributed by atoms with Gasteiger partial charge in [0.1, 0.15) is 0 Å². The van der Waals surface area contributed by atoms with Crippen molar-refractivity contribution in [1.82, 2.24) is 9.21 Å². The number of sulfonamides is 1. The topological polar surface area (TPSA) is 83.7 Å². The first-order chi connectivity index (χ1) is 7.86. The van der Waals surface area contributed by atoms with Gasteiger partial charge in [0, 0.05) is 26.2 Å². The van der Waals surface area contributed by atoms with E-state index in [-0.39, 0.29) is 30.9 Å². The molecule has 1 unspecified atom stereocenters. The summed E-state index contributed by atoms with van der Waals surface area (Å²) in [5.41, 5.74) is 5.62. The highest BCUT2D eigenvalue weighted by Crippen LogP contribution is 2.16. The predicted octanol–water partition coefficient (Wildman–Crippen LogP) is -0.361. The normalized spacial score (nSPS) is 20.7. The van der Waals surface area contributed by atoms with Crippen LogP contribution in [0, 0.1) is 0 Å². The lowest BCUT2D eigenvalue weighted by atomic mass is 10.0. The van der Waals surface area contributed by atoms with Gasteiger partial charge in [-0.15, -0.1) is 12.4 Å². The first-order valence-electron chi connectivity index (χ1n) is 5.77. The maximum atomic E-state index is 12.0. The summed E-state index contributed by atoms with van der Waals surface area (Å²) in [6, 6.07) is 0.0595. The first kappa shape index (κ1) is 17.6. The Bertz CT molecular complexity index is 375. The van der Waals surface area contributed by atoms with Crippen molar-refractivity contribution in [3.63, 3.8) is 0 Å². The van der Waals surface area contributed by atoms with E-state index in [0.717, 1.165) is 29.8 Å². The Morgan fingerprint density at radius 1 is 1.44 bits per heavy atom. The summed E-state index contributed by atoms with van der Waals surface area (Å²) >= 11 is 0. The van der Waals surface area contributed by atoms with Crippen LogP contribution in [0.5, 0.6) is 0 Å². The van der Waals surface area contributed by atoms with E-state index in [1.54, 1.807) is 4.90 Å². The molecule has 0 spiro atoms. The van der Waals surface area contributed by atoms with Crippen molar-refractivity contribution in [2.45, 2.75) is 25.3 Å². The molecule has 1 heterocycles. The average molecular weight is 300 g/mol. The van der Waals surface area contributed by atoms with Gasteiger partial charge in [-0.3, -0.25) is 4.79 Å². The van der Waals surface area contributed by atoms with Crippen molar-refractivity contribution in [1.29, 1.82) is 0 Å². The molecule has 6 nitrogen and oxygen atoms in total. The van der Waals surface area contributed by atoms with E-state index < -0.39 is 10.0 Å². The fourth-order valence-electron chi connectivity index (χ4n) is 1.97. The molecule has 0 saturated carbocycles. The van der Waals surface area contributed by atoms with Crippen LogP contribution in [-0.4, -0.2) is 62.5 Å². The second-order valence-electron chi connectivity index (χ2n) is 4.49. The lowest BCUT2D eigenvalue weighted by Crippen LogP contribution is -2.50. The number of halogens is 1. The van der Waals surface area contributed by atoms with Crippen molar-refractivity contribution >= 4 is 28.3 Å². The quantitative estimate of drug-likeness (QED) is 0.768. The van der Waals surface area contributed by atoms with Gasteiger partial charge >= 0.3 is 0 Å². The Morgan fingerprint density at radius 2 is 2.06 bits per heavy atom. The second-order valence-corrected chi connectivity index (χ2v) is 6.58. The zero-order valence-electron chi connectivity index (χ0n) is 10.8. The average Bonchev–Trinajstić information content (AvgIpc) is 2.27. The molecular formula is C10H22ClN3O3S. The molecule has 18 heavy (non-hydrogen) atoms. The van der Waals surface area contributed by atoms with Crippen LogP contribution >= 0.6 is 12.4 Å². The second kappa shape index (κ2) is 7.28. The Balaban J connectivity index is 0.00000289. The zero-order valence-corrected chi connectivity index (χ0v) is 12.5. The zero-order chi connectivity index (χ0) is 13.1. The van der Waals surface area contributed by atoms with Crippen molar-refractivity contribution in [3.05, 3.63) is 0 Å². The van der Waals surface area contributed by atoms with Gasteiger partial charge < -0.3 is 10.6 Å². The van der Waals surface area contributed by atoms with E-state index in [2.05, 4.69) is 0 Å². The van der Waals surface area contributed by atoms with E-state index in [1.165, 1.54) is 7.05 Å². The summed E-state index contributed by atoms with van der Waals surface area (Å²) < 4.78 is 23.5. The summed E-state index contributed by atoms with van der Waals surface area (Å²) in [5.74, 6) is -0.159. The third-order valence-electron chi connectivity index (χ3n) is 3.14. The lowest BCUT2D eigenvalue weighted by Gasteiger charge is -2.35. The highest BCUT2D eigenvalue weighted by Gasteiger charge is 2.27. The SMILES string of the molecule is CN(CC(=O)N1CCCCC1CN)S(C)(=O)=O.Cl. The fourth-order valence-corrected chi connectivity index (χ4v) is 2.32. The molecule has 0 aromatic heterocycles. The van der Waals surface area contributed by atoms with Crippen LogP contribution in [0.3, 0.4) is 0 Å². The van der Waals surface area contributed by atoms with Crippen LogP contribution in [0.25, 0.3) is 0 Å². The Kier molecular flexibility index (Phi) is 7.13. The minimum absolute atomic E-state index is 0. The lowest BCUT2D eigenvalue weighted by molar-refractivity contribution is -0.134. The molecule has 0 aliphatic carbocycles. The van der Waals surface area contributed by atoms with E-state index >= 15 is 0 Å². The number of likely N-dealkylation sites (tertiary alicyclic amines) is 1. The van der Waals surface area contributed by atoms with Crippen molar-refractivity contribution in [3.8, 4) is 0 Å². The number of hydrogen-bond acceptors (Lipinski definition) is 4. The van der Waals surface area contributed by atoms with Gasteiger partial charge in [0.05, 0.1) is 12.8 Å². The minimum Gasteiger partial charge on any atom is -0.337 e. The summed E-state index contributed by atoms with van der Waals surface area (Å²) in [6.07, 6.45) is 4.04. The number of amides is 1. The van der Waals surface area contributed by atoms with Gasteiger partial charge in [0.15, 0.2) is 0 Å². The van der Waals surface area contributed by atoms with Crippen LogP contribution in [0.15, 0.2) is 0 Å². The van der Waals surface area contributed by atoms with Gasteiger partial charge in [-0.1, -0.05) is 0 Å². The van der Waals surface area contributed by atoms with E-state index in [0.29, 0.717) is 13.1 Å². The maximum Gasteiger partial charge on any atom is 0.238 e. The van der Waals surface area contributed by atoms with Gasteiger partial charge in [-0.25, -0.2) is 8.42 Å². The monoisotopic (exact) mass is 299 g/mol. The molecule has 0 aromatic rings. The molecule has 1 rings (SSSR count). The Hall–Kier alpha value is -0.370. The van der Waals surface area contributed by atoms with Crippen LogP contribution < -0.4 is 5.73 Å². The molecule has 0 radical (unpaired) electrons. The minimum atomic E-state index is -3.31. The first-order valence-corrected chi connectivity index (χ1v) is 7.62. The molecule has 1 atom stereocenters. The van der Waals surface area contributed by atoms with Crippen LogP contribution in [0.1, 0.15) is 19.3 Å². The predicted molar refractivity (Wildman–Crippen MR) is 73.1 cm³/mol. The number of likely N-dealkylation sites (N-methyl/N-ethyl adjacent to an activating group) is 1. The number of hydrogen-bond donors (Lipinski definition) is 1. The summed E-state index contributed by atoms with van der Waals surface area (Å²) in [5, 5.41) is 0. The molecule has 1 aliphatic rings. The van der Waals surface area contributed by atoms with Gasteiger partial charge in [-0.05, 0) is 19.3 Å². The third kappa shape index (κ3) is 4.72. The maximum absolute atomic E-state index is 12.0. The molecule has 2 N–H and O–H groups in total.